The Bertz CT molecular complexity index is 534. The molecule has 23 heavy (non-hydrogen) atoms. The lowest BCUT2D eigenvalue weighted by atomic mass is 10.1. The zero-order chi connectivity index (χ0) is 16.7. The summed E-state index contributed by atoms with van der Waals surface area (Å²) in [6.45, 7) is 1.22. The van der Waals surface area contributed by atoms with Crippen molar-refractivity contribution < 1.29 is 24.2 Å². The van der Waals surface area contributed by atoms with E-state index in [1.807, 2.05) is 24.3 Å². The van der Waals surface area contributed by atoms with Crippen molar-refractivity contribution >= 4 is 23.6 Å². The van der Waals surface area contributed by atoms with Crippen LogP contribution in [0.1, 0.15) is 12.8 Å². The molecule has 1 aliphatic heterocycles. The number of rotatable bonds is 7. The number of carboxylic acid groups (broad SMARTS) is 1. The van der Waals surface area contributed by atoms with Crippen molar-refractivity contribution in [3.63, 3.8) is 0 Å². The van der Waals surface area contributed by atoms with Gasteiger partial charge in [0, 0.05) is 23.6 Å². The number of amides is 1. The first-order valence-electron chi connectivity index (χ1n) is 7.46. The molecule has 1 N–H and O–H groups in total. The predicted molar refractivity (Wildman–Crippen MR) is 86.9 cm³/mol. The van der Waals surface area contributed by atoms with Crippen molar-refractivity contribution in [1.82, 2.24) is 4.90 Å². The van der Waals surface area contributed by atoms with Crippen molar-refractivity contribution in [1.29, 1.82) is 0 Å². The average molecular weight is 339 g/mol. The number of ether oxygens (including phenoxy) is 2. The molecule has 0 aromatic heterocycles. The Hall–Kier alpha value is -1.73. The van der Waals surface area contributed by atoms with Gasteiger partial charge < -0.3 is 19.5 Å². The molecule has 0 aliphatic carbocycles. The summed E-state index contributed by atoms with van der Waals surface area (Å²) in [5.74, 6) is 0.532. The molecule has 1 amide bonds. The molecular formula is C16H21NO5S. The number of benzene rings is 1. The number of morpholine rings is 1. The minimum atomic E-state index is -0.911. The second-order valence-corrected chi connectivity index (χ2v) is 6.36. The van der Waals surface area contributed by atoms with E-state index in [2.05, 4.69) is 0 Å². The lowest BCUT2D eigenvalue weighted by Gasteiger charge is -2.34. The molecule has 1 aromatic rings. The summed E-state index contributed by atoms with van der Waals surface area (Å²) in [6, 6.07) is 7.32. The van der Waals surface area contributed by atoms with Crippen molar-refractivity contribution in [2.75, 3.05) is 32.6 Å². The van der Waals surface area contributed by atoms with Gasteiger partial charge in [0.25, 0.3) is 0 Å². The van der Waals surface area contributed by atoms with Gasteiger partial charge in [-0.1, -0.05) is 0 Å². The van der Waals surface area contributed by atoms with Gasteiger partial charge in [-0.3, -0.25) is 9.59 Å². The van der Waals surface area contributed by atoms with Gasteiger partial charge >= 0.3 is 5.97 Å². The summed E-state index contributed by atoms with van der Waals surface area (Å²) < 4.78 is 10.4. The van der Waals surface area contributed by atoms with Crippen LogP contribution in [-0.2, 0) is 14.3 Å². The maximum Gasteiger partial charge on any atom is 0.305 e. The Morgan fingerprint density at radius 3 is 2.78 bits per heavy atom. The van der Waals surface area contributed by atoms with Crippen molar-refractivity contribution in [3.05, 3.63) is 24.3 Å². The first-order valence-corrected chi connectivity index (χ1v) is 8.44. The first kappa shape index (κ1) is 17.6. The highest BCUT2D eigenvalue weighted by atomic mass is 32.2. The molecule has 0 saturated carbocycles. The molecule has 1 saturated heterocycles. The highest BCUT2D eigenvalue weighted by Gasteiger charge is 2.28. The van der Waals surface area contributed by atoms with Crippen molar-refractivity contribution in [2.45, 2.75) is 23.8 Å². The third-order valence-electron chi connectivity index (χ3n) is 3.60. The van der Waals surface area contributed by atoms with E-state index in [1.54, 1.807) is 23.8 Å². The zero-order valence-electron chi connectivity index (χ0n) is 13.1. The van der Waals surface area contributed by atoms with Crippen LogP contribution in [0, 0.1) is 0 Å². The fourth-order valence-electron chi connectivity index (χ4n) is 2.43. The molecule has 0 spiro atoms. The molecule has 1 aliphatic rings. The predicted octanol–water partition coefficient (Wildman–Crippen LogP) is 1.88. The Morgan fingerprint density at radius 2 is 2.13 bits per heavy atom. The second-order valence-electron chi connectivity index (χ2n) is 5.19. The van der Waals surface area contributed by atoms with Crippen molar-refractivity contribution in [3.8, 4) is 5.75 Å². The standard InChI is InChI=1S/C16H21NO5S/c1-21-13-2-4-14(5-3-13)23-9-6-15(18)17-7-8-22-11-12(17)10-16(19)20/h2-5,12H,6-11H2,1H3,(H,19,20). The van der Waals surface area contributed by atoms with E-state index in [9.17, 15) is 9.59 Å². The van der Waals surface area contributed by atoms with E-state index in [1.165, 1.54) is 0 Å². The lowest BCUT2D eigenvalue weighted by molar-refractivity contribution is -0.146. The average Bonchev–Trinajstić information content (AvgIpc) is 2.55. The van der Waals surface area contributed by atoms with Crippen LogP contribution in [-0.4, -0.2) is 60.5 Å². The Labute approximate surface area is 139 Å². The second kappa shape index (κ2) is 8.79. The van der Waals surface area contributed by atoms with Crippen LogP contribution in [0.25, 0.3) is 0 Å². The van der Waals surface area contributed by atoms with Gasteiger partial charge in [0.1, 0.15) is 5.75 Å². The number of hydrogen-bond acceptors (Lipinski definition) is 5. The quantitative estimate of drug-likeness (QED) is 0.765. The van der Waals surface area contributed by atoms with Crippen LogP contribution < -0.4 is 4.74 Å². The number of carbonyl (C=O) groups excluding carboxylic acids is 1. The third-order valence-corrected chi connectivity index (χ3v) is 4.62. The smallest absolute Gasteiger partial charge is 0.305 e. The Morgan fingerprint density at radius 1 is 1.39 bits per heavy atom. The molecule has 1 unspecified atom stereocenters. The summed E-state index contributed by atoms with van der Waals surface area (Å²) in [6.07, 6.45) is 0.310. The van der Waals surface area contributed by atoms with Gasteiger partial charge in [0.15, 0.2) is 0 Å². The summed E-state index contributed by atoms with van der Waals surface area (Å²) >= 11 is 1.60. The molecule has 1 fully saturated rings. The lowest BCUT2D eigenvalue weighted by Crippen LogP contribution is -2.49. The number of thioether (sulfide) groups is 1. The van der Waals surface area contributed by atoms with E-state index in [0.717, 1.165) is 10.6 Å². The maximum atomic E-state index is 12.3. The van der Waals surface area contributed by atoms with Gasteiger partial charge in [0.2, 0.25) is 5.91 Å². The molecular weight excluding hydrogens is 318 g/mol. The fraction of sp³-hybridized carbons (Fsp3) is 0.500. The van der Waals surface area contributed by atoms with Crippen LogP contribution in [0.5, 0.6) is 5.75 Å². The van der Waals surface area contributed by atoms with Gasteiger partial charge in [-0.15, -0.1) is 11.8 Å². The van der Waals surface area contributed by atoms with Gasteiger partial charge in [0.05, 0.1) is 32.8 Å². The van der Waals surface area contributed by atoms with Gasteiger partial charge in [-0.2, -0.15) is 0 Å². The number of methoxy groups -OCH3 is 1. The number of aliphatic carboxylic acids is 1. The number of carboxylic acids is 1. The van der Waals surface area contributed by atoms with Crippen molar-refractivity contribution in [2.24, 2.45) is 0 Å². The highest BCUT2D eigenvalue weighted by Crippen LogP contribution is 2.22. The fourth-order valence-corrected chi connectivity index (χ4v) is 3.27. The van der Waals surface area contributed by atoms with E-state index < -0.39 is 5.97 Å². The number of hydrogen-bond donors (Lipinski definition) is 1. The van der Waals surface area contributed by atoms with Gasteiger partial charge in [-0.05, 0) is 24.3 Å². The van der Waals surface area contributed by atoms with Crippen LogP contribution in [0.4, 0.5) is 0 Å². The number of carbonyl (C=O) groups is 2. The van der Waals surface area contributed by atoms with E-state index >= 15 is 0 Å². The van der Waals surface area contributed by atoms with E-state index in [0.29, 0.717) is 31.9 Å². The molecule has 0 bridgehead atoms. The van der Waals surface area contributed by atoms with Crippen LogP contribution >= 0.6 is 11.8 Å². The minimum absolute atomic E-state index is 0.0134. The largest absolute Gasteiger partial charge is 0.497 e. The minimum Gasteiger partial charge on any atom is -0.497 e. The van der Waals surface area contributed by atoms with Crippen LogP contribution in [0.3, 0.4) is 0 Å². The molecule has 7 heteroatoms. The Balaban J connectivity index is 1.81. The third kappa shape index (κ3) is 5.44. The van der Waals surface area contributed by atoms with Crippen LogP contribution in [0.15, 0.2) is 29.2 Å². The summed E-state index contributed by atoms with van der Waals surface area (Å²) in [7, 11) is 1.62. The maximum absolute atomic E-state index is 12.3. The molecule has 1 aromatic carbocycles. The van der Waals surface area contributed by atoms with Gasteiger partial charge in [-0.25, -0.2) is 0 Å². The summed E-state index contributed by atoms with van der Waals surface area (Å²) in [5.41, 5.74) is 0. The van der Waals surface area contributed by atoms with E-state index in [-0.39, 0.29) is 18.4 Å². The molecule has 6 nitrogen and oxygen atoms in total. The van der Waals surface area contributed by atoms with Crippen LogP contribution in [0.2, 0.25) is 0 Å². The number of nitrogens with zero attached hydrogens (tertiary/aromatic N) is 1. The summed E-state index contributed by atoms with van der Waals surface area (Å²) in [4.78, 5) is 25.9. The van der Waals surface area contributed by atoms with E-state index in [4.69, 9.17) is 14.6 Å². The molecule has 0 radical (unpaired) electrons. The SMILES string of the molecule is COc1ccc(SCCC(=O)N2CCOCC2CC(=O)O)cc1. The first-order chi connectivity index (χ1) is 11.1. The normalized spacial score (nSPS) is 17.8. The molecule has 1 heterocycles. The monoisotopic (exact) mass is 339 g/mol. The molecule has 1 atom stereocenters. The molecule has 2 rings (SSSR count). The highest BCUT2D eigenvalue weighted by molar-refractivity contribution is 7.99. The molecule has 126 valence electrons. The Kier molecular flexibility index (Phi) is 6.73. The topological polar surface area (TPSA) is 76.1 Å². The zero-order valence-corrected chi connectivity index (χ0v) is 13.9. The summed E-state index contributed by atoms with van der Waals surface area (Å²) in [5, 5.41) is 8.92.